The molecule has 7 heteroatoms. The Morgan fingerprint density at radius 1 is 1.50 bits per heavy atom. The molecule has 118 valence electrons. The molecule has 1 rings (SSSR count). The Kier molecular flexibility index (Phi) is 6.34. The van der Waals surface area contributed by atoms with Crippen LogP contribution in [0, 0.1) is 5.92 Å². The summed E-state index contributed by atoms with van der Waals surface area (Å²) in [6.45, 7) is 5.98. The van der Waals surface area contributed by atoms with E-state index in [1.54, 1.807) is 6.92 Å². The van der Waals surface area contributed by atoms with E-state index in [1.807, 2.05) is 13.8 Å². The zero-order valence-corrected chi connectivity index (χ0v) is 14.0. The number of carbonyl (C=O) groups excluding carboxylic acids is 1. The molecule has 0 saturated carbocycles. The Balaban J connectivity index is 2.24. The van der Waals surface area contributed by atoms with Crippen LogP contribution >= 0.6 is 11.8 Å². The van der Waals surface area contributed by atoms with E-state index in [4.69, 9.17) is 0 Å². The van der Waals surface area contributed by atoms with E-state index in [0.29, 0.717) is 18.8 Å². The van der Waals surface area contributed by atoms with E-state index >= 15 is 0 Å². The Morgan fingerprint density at radius 2 is 2.15 bits per heavy atom. The van der Waals surface area contributed by atoms with E-state index in [-0.39, 0.29) is 35.0 Å². The highest BCUT2D eigenvalue weighted by Gasteiger charge is 2.29. The van der Waals surface area contributed by atoms with Crippen LogP contribution < -0.4 is 5.32 Å². The van der Waals surface area contributed by atoms with Gasteiger partial charge in [-0.15, -0.1) is 11.8 Å². The van der Waals surface area contributed by atoms with E-state index < -0.39 is 15.4 Å². The molecule has 5 nitrogen and oxygen atoms in total. The third-order valence-electron chi connectivity index (χ3n) is 3.16. The Labute approximate surface area is 125 Å². The van der Waals surface area contributed by atoms with Crippen molar-refractivity contribution in [2.75, 3.05) is 23.8 Å². The molecule has 0 aromatic carbocycles. The number of sulfone groups is 1. The lowest BCUT2D eigenvalue weighted by atomic mass is 9.94. The van der Waals surface area contributed by atoms with Gasteiger partial charge in [0.05, 0.1) is 22.9 Å². The topological polar surface area (TPSA) is 83.5 Å². The average Bonchev–Trinajstić information content (AvgIpc) is 2.62. The second-order valence-electron chi connectivity index (χ2n) is 6.21. The zero-order valence-electron chi connectivity index (χ0n) is 12.4. The summed E-state index contributed by atoms with van der Waals surface area (Å²) in [4.78, 5) is 11.7. The van der Waals surface area contributed by atoms with Crippen LogP contribution in [0.4, 0.5) is 0 Å². The lowest BCUT2D eigenvalue weighted by molar-refractivity contribution is -0.119. The van der Waals surface area contributed by atoms with Crippen LogP contribution in [0.15, 0.2) is 0 Å². The van der Waals surface area contributed by atoms with Gasteiger partial charge < -0.3 is 10.4 Å². The smallest absolute Gasteiger partial charge is 0.230 e. The highest BCUT2D eigenvalue weighted by molar-refractivity contribution is 8.02. The van der Waals surface area contributed by atoms with Crippen LogP contribution in [0.5, 0.6) is 0 Å². The van der Waals surface area contributed by atoms with Gasteiger partial charge in [-0.1, -0.05) is 13.8 Å². The van der Waals surface area contributed by atoms with Gasteiger partial charge in [-0.2, -0.15) is 0 Å². The van der Waals surface area contributed by atoms with Crippen molar-refractivity contribution < 1.29 is 18.3 Å². The molecule has 2 unspecified atom stereocenters. The fraction of sp³-hybridized carbons (Fsp3) is 0.923. The van der Waals surface area contributed by atoms with E-state index in [0.717, 1.165) is 0 Å². The quantitative estimate of drug-likeness (QED) is 0.725. The number of aliphatic hydroxyl groups is 1. The molecule has 0 radical (unpaired) electrons. The third kappa shape index (κ3) is 6.95. The summed E-state index contributed by atoms with van der Waals surface area (Å²) in [6, 6.07) is 0. The van der Waals surface area contributed by atoms with Gasteiger partial charge in [0.15, 0.2) is 9.84 Å². The van der Waals surface area contributed by atoms with Gasteiger partial charge in [-0.05, 0) is 25.7 Å². The molecule has 1 aliphatic rings. The highest BCUT2D eigenvalue weighted by Crippen LogP contribution is 2.24. The van der Waals surface area contributed by atoms with Gasteiger partial charge in [-0.3, -0.25) is 4.79 Å². The summed E-state index contributed by atoms with van der Waals surface area (Å²) in [5, 5.41) is 12.8. The third-order valence-corrected chi connectivity index (χ3v) is 6.44. The molecule has 0 aliphatic carbocycles. The maximum absolute atomic E-state index is 11.7. The number of rotatable bonds is 7. The van der Waals surface area contributed by atoms with Crippen molar-refractivity contribution in [1.82, 2.24) is 5.32 Å². The predicted octanol–water partition coefficient (Wildman–Crippen LogP) is 0.820. The molecule has 2 atom stereocenters. The molecule has 2 N–H and O–H groups in total. The highest BCUT2D eigenvalue weighted by atomic mass is 32.2. The fourth-order valence-corrected chi connectivity index (χ4v) is 5.85. The molecule has 0 aromatic rings. The van der Waals surface area contributed by atoms with Crippen molar-refractivity contribution in [3.05, 3.63) is 0 Å². The van der Waals surface area contributed by atoms with Gasteiger partial charge in [-0.25, -0.2) is 8.42 Å². The molecule has 1 fully saturated rings. The molecule has 1 aliphatic heterocycles. The largest absolute Gasteiger partial charge is 0.388 e. The Hall–Kier alpha value is -0.270. The standard InChI is InChI=1S/C13H25NO4S2/c1-10(2)6-13(3,16)9-14-12(15)7-19-11-4-5-20(17,18)8-11/h10-11,16H,4-9H2,1-3H3,(H,14,15). The first kappa shape index (κ1) is 17.8. The minimum atomic E-state index is -2.88. The van der Waals surface area contributed by atoms with Crippen molar-refractivity contribution in [2.45, 2.75) is 44.5 Å². The fourth-order valence-electron chi connectivity index (χ4n) is 2.38. The van der Waals surface area contributed by atoms with Crippen molar-refractivity contribution in [3.8, 4) is 0 Å². The van der Waals surface area contributed by atoms with Crippen LogP contribution in [0.1, 0.15) is 33.6 Å². The summed E-state index contributed by atoms with van der Waals surface area (Å²) < 4.78 is 22.6. The number of thioether (sulfide) groups is 1. The summed E-state index contributed by atoms with van der Waals surface area (Å²) in [5.74, 6) is 0.867. The van der Waals surface area contributed by atoms with Gasteiger partial charge in [0, 0.05) is 11.8 Å². The van der Waals surface area contributed by atoms with Crippen molar-refractivity contribution in [1.29, 1.82) is 0 Å². The number of hydrogen-bond donors (Lipinski definition) is 2. The van der Waals surface area contributed by atoms with E-state index in [1.165, 1.54) is 11.8 Å². The molecule has 20 heavy (non-hydrogen) atoms. The second-order valence-corrected chi connectivity index (χ2v) is 9.73. The summed E-state index contributed by atoms with van der Waals surface area (Å²) in [5.41, 5.74) is -0.898. The molecule has 0 aromatic heterocycles. The van der Waals surface area contributed by atoms with Crippen LogP contribution in [-0.4, -0.2) is 54.1 Å². The Morgan fingerprint density at radius 3 is 2.65 bits per heavy atom. The second kappa shape index (κ2) is 7.13. The lowest BCUT2D eigenvalue weighted by Gasteiger charge is -2.25. The first-order valence-corrected chi connectivity index (χ1v) is 9.78. The molecule has 0 spiro atoms. The lowest BCUT2D eigenvalue weighted by Crippen LogP contribution is -2.42. The Bertz CT molecular complexity index is 432. The first-order chi connectivity index (χ1) is 9.10. The summed E-state index contributed by atoms with van der Waals surface area (Å²) >= 11 is 1.39. The van der Waals surface area contributed by atoms with Crippen LogP contribution in [0.25, 0.3) is 0 Å². The maximum Gasteiger partial charge on any atom is 0.230 e. The molecule has 0 bridgehead atoms. The summed E-state index contributed by atoms with van der Waals surface area (Å²) in [6.07, 6.45) is 1.26. The molecular formula is C13H25NO4S2. The minimum Gasteiger partial charge on any atom is -0.388 e. The van der Waals surface area contributed by atoms with Crippen LogP contribution in [-0.2, 0) is 14.6 Å². The van der Waals surface area contributed by atoms with Crippen LogP contribution in [0.3, 0.4) is 0 Å². The van der Waals surface area contributed by atoms with Gasteiger partial charge in [0.1, 0.15) is 0 Å². The van der Waals surface area contributed by atoms with E-state index in [9.17, 15) is 18.3 Å². The van der Waals surface area contributed by atoms with E-state index in [2.05, 4.69) is 5.32 Å². The average molecular weight is 323 g/mol. The molecule has 1 heterocycles. The summed E-state index contributed by atoms with van der Waals surface area (Å²) in [7, 11) is -2.88. The van der Waals surface area contributed by atoms with Crippen LogP contribution in [0.2, 0.25) is 0 Å². The number of hydrogen-bond acceptors (Lipinski definition) is 5. The van der Waals surface area contributed by atoms with Crippen molar-refractivity contribution in [2.24, 2.45) is 5.92 Å². The SMILES string of the molecule is CC(C)CC(C)(O)CNC(=O)CSC1CCS(=O)(=O)C1. The molecular weight excluding hydrogens is 298 g/mol. The van der Waals surface area contributed by atoms with Gasteiger partial charge >= 0.3 is 0 Å². The number of carbonyl (C=O) groups is 1. The van der Waals surface area contributed by atoms with Crippen molar-refractivity contribution >= 4 is 27.5 Å². The van der Waals surface area contributed by atoms with Crippen molar-refractivity contribution in [3.63, 3.8) is 0 Å². The molecule has 1 saturated heterocycles. The predicted molar refractivity (Wildman–Crippen MR) is 82.6 cm³/mol. The first-order valence-electron chi connectivity index (χ1n) is 6.91. The van der Waals surface area contributed by atoms with Gasteiger partial charge in [0.25, 0.3) is 0 Å². The zero-order chi connectivity index (χ0) is 15.4. The minimum absolute atomic E-state index is 0.0296. The molecule has 1 amide bonds. The van der Waals surface area contributed by atoms with Gasteiger partial charge in [0.2, 0.25) is 5.91 Å². The number of nitrogens with one attached hydrogen (secondary N) is 1. The maximum atomic E-state index is 11.7. The normalized spacial score (nSPS) is 24.6. The number of amides is 1. The monoisotopic (exact) mass is 323 g/mol.